The molecule has 0 aliphatic heterocycles. The van der Waals surface area contributed by atoms with E-state index in [4.69, 9.17) is 5.73 Å². The van der Waals surface area contributed by atoms with Crippen LogP contribution in [0.2, 0.25) is 0 Å². The topological polar surface area (TPSA) is 58.4 Å². The third kappa shape index (κ3) is 4.28. The highest BCUT2D eigenvalue weighted by Crippen LogP contribution is 2.27. The zero-order valence-corrected chi connectivity index (χ0v) is 10.8. The molecule has 1 atom stereocenters. The Balaban J connectivity index is 1.73. The van der Waals surface area contributed by atoms with E-state index in [1.807, 2.05) is 0 Å². The number of carbonyl (C=O) groups excluding carboxylic acids is 1. The highest BCUT2D eigenvalue weighted by molar-refractivity contribution is 5.79. The smallest absolute Gasteiger partial charge is 0.234 e. The first-order valence-electron chi connectivity index (χ1n) is 7.00. The van der Waals surface area contributed by atoms with Gasteiger partial charge in [0.2, 0.25) is 5.91 Å². The Morgan fingerprint density at radius 2 is 2.06 bits per heavy atom. The van der Waals surface area contributed by atoms with Crippen molar-refractivity contribution in [3.8, 4) is 0 Å². The Labute approximate surface area is 104 Å². The van der Waals surface area contributed by atoms with Gasteiger partial charge < -0.3 is 16.0 Å². The van der Waals surface area contributed by atoms with Gasteiger partial charge >= 0.3 is 0 Å². The average molecular weight is 239 g/mol. The van der Waals surface area contributed by atoms with Crippen LogP contribution in [0.25, 0.3) is 0 Å². The first-order valence-corrected chi connectivity index (χ1v) is 7.00. The molecular weight excluding hydrogens is 214 g/mol. The van der Waals surface area contributed by atoms with Gasteiger partial charge in [0.1, 0.15) is 0 Å². The van der Waals surface area contributed by atoms with Crippen LogP contribution in [-0.2, 0) is 4.79 Å². The van der Waals surface area contributed by atoms with Gasteiger partial charge in [-0.1, -0.05) is 6.92 Å². The number of nitrogens with zero attached hydrogens (tertiary/aromatic N) is 1. The summed E-state index contributed by atoms with van der Waals surface area (Å²) in [4.78, 5) is 13.9. The number of hydrogen-bond acceptors (Lipinski definition) is 3. The molecule has 0 bridgehead atoms. The number of primary amides is 1. The molecule has 2 aliphatic rings. The van der Waals surface area contributed by atoms with Gasteiger partial charge in [0, 0.05) is 18.6 Å². The van der Waals surface area contributed by atoms with Crippen molar-refractivity contribution in [1.82, 2.24) is 10.2 Å². The lowest BCUT2D eigenvalue weighted by Crippen LogP contribution is -2.45. The van der Waals surface area contributed by atoms with Gasteiger partial charge in [-0.05, 0) is 45.1 Å². The lowest BCUT2D eigenvalue weighted by atomic mass is 10.1. The van der Waals surface area contributed by atoms with Crippen LogP contribution >= 0.6 is 0 Å². The largest absolute Gasteiger partial charge is 0.368 e. The van der Waals surface area contributed by atoms with Gasteiger partial charge in [-0.2, -0.15) is 0 Å². The molecule has 3 N–H and O–H groups in total. The molecule has 0 radical (unpaired) electrons. The van der Waals surface area contributed by atoms with E-state index in [9.17, 15) is 4.79 Å². The fourth-order valence-corrected chi connectivity index (χ4v) is 2.34. The summed E-state index contributed by atoms with van der Waals surface area (Å²) >= 11 is 0. The SMILES string of the molecule is CCCN(CCC(NC1CC1)C(N)=O)C1CC1. The minimum atomic E-state index is -0.191. The number of nitrogens with two attached hydrogens (primary N) is 1. The third-order valence-electron chi connectivity index (χ3n) is 3.64. The number of carbonyl (C=O) groups is 1. The summed E-state index contributed by atoms with van der Waals surface area (Å²) in [5.41, 5.74) is 5.44. The van der Waals surface area contributed by atoms with Crippen molar-refractivity contribution in [3.05, 3.63) is 0 Å². The van der Waals surface area contributed by atoms with Gasteiger partial charge in [-0.15, -0.1) is 0 Å². The van der Waals surface area contributed by atoms with E-state index in [1.165, 1.54) is 32.1 Å². The number of nitrogens with one attached hydrogen (secondary N) is 1. The van der Waals surface area contributed by atoms with Gasteiger partial charge in [0.05, 0.1) is 6.04 Å². The first-order chi connectivity index (χ1) is 8.20. The standard InChI is InChI=1S/C13H25N3O/c1-2-8-16(11-5-6-11)9-7-12(13(14)17)15-10-3-4-10/h10-12,15H,2-9H2,1H3,(H2,14,17). The van der Waals surface area contributed by atoms with E-state index in [0.29, 0.717) is 6.04 Å². The van der Waals surface area contributed by atoms with E-state index >= 15 is 0 Å². The second-order valence-corrected chi connectivity index (χ2v) is 5.45. The normalized spacial score (nSPS) is 21.8. The predicted octanol–water partition coefficient (Wildman–Crippen LogP) is 0.857. The molecule has 2 fully saturated rings. The minimum absolute atomic E-state index is 0.124. The second-order valence-electron chi connectivity index (χ2n) is 5.45. The Morgan fingerprint density at radius 3 is 2.53 bits per heavy atom. The van der Waals surface area contributed by atoms with Crippen molar-refractivity contribution in [2.75, 3.05) is 13.1 Å². The molecule has 4 heteroatoms. The number of amides is 1. The molecule has 2 rings (SSSR count). The van der Waals surface area contributed by atoms with E-state index < -0.39 is 0 Å². The van der Waals surface area contributed by atoms with Crippen molar-refractivity contribution in [3.63, 3.8) is 0 Å². The molecule has 2 aliphatic carbocycles. The van der Waals surface area contributed by atoms with E-state index in [1.54, 1.807) is 0 Å². The maximum Gasteiger partial charge on any atom is 0.234 e. The summed E-state index contributed by atoms with van der Waals surface area (Å²) in [6.45, 7) is 4.37. The van der Waals surface area contributed by atoms with E-state index in [-0.39, 0.29) is 11.9 Å². The molecule has 0 aromatic rings. The molecular formula is C13H25N3O. The van der Waals surface area contributed by atoms with E-state index in [2.05, 4.69) is 17.1 Å². The average Bonchev–Trinajstić information content (AvgIpc) is 3.15. The van der Waals surface area contributed by atoms with Gasteiger partial charge in [-0.25, -0.2) is 0 Å². The van der Waals surface area contributed by atoms with Gasteiger partial charge in [-0.3, -0.25) is 4.79 Å². The van der Waals surface area contributed by atoms with Gasteiger partial charge in [0.25, 0.3) is 0 Å². The molecule has 0 aromatic carbocycles. The summed E-state index contributed by atoms with van der Waals surface area (Å²) in [6, 6.07) is 1.21. The molecule has 17 heavy (non-hydrogen) atoms. The summed E-state index contributed by atoms with van der Waals surface area (Å²) in [7, 11) is 0. The lowest BCUT2D eigenvalue weighted by Gasteiger charge is -2.24. The van der Waals surface area contributed by atoms with Crippen LogP contribution in [0.1, 0.15) is 45.4 Å². The van der Waals surface area contributed by atoms with Crippen LogP contribution in [0.15, 0.2) is 0 Å². The summed E-state index contributed by atoms with van der Waals surface area (Å²) < 4.78 is 0. The summed E-state index contributed by atoms with van der Waals surface area (Å²) in [6.07, 6.45) is 7.11. The number of rotatable bonds is 9. The zero-order valence-electron chi connectivity index (χ0n) is 10.8. The highest BCUT2D eigenvalue weighted by atomic mass is 16.1. The molecule has 1 amide bonds. The molecule has 0 spiro atoms. The molecule has 0 saturated heterocycles. The Kier molecular flexibility index (Phi) is 4.40. The third-order valence-corrected chi connectivity index (χ3v) is 3.64. The Bertz CT molecular complexity index is 261. The van der Waals surface area contributed by atoms with Crippen molar-refractivity contribution < 1.29 is 4.79 Å². The number of hydrogen-bond donors (Lipinski definition) is 2. The van der Waals surface area contributed by atoms with E-state index in [0.717, 1.165) is 25.6 Å². The van der Waals surface area contributed by atoms with Crippen LogP contribution in [0.5, 0.6) is 0 Å². The fraction of sp³-hybridized carbons (Fsp3) is 0.923. The zero-order chi connectivity index (χ0) is 12.3. The molecule has 4 nitrogen and oxygen atoms in total. The lowest BCUT2D eigenvalue weighted by molar-refractivity contribution is -0.120. The maximum absolute atomic E-state index is 11.4. The molecule has 1 unspecified atom stereocenters. The Hall–Kier alpha value is -0.610. The molecule has 98 valence electrons. The first kappa shape index (κ1) is 12.8. The highest BCUT2D eigenvalue weighted by Gasteiger charge is 2.31. The van der Waals surface area contributed by atoms with Crippen molar-refractivity contribution in [2.45, 2.75) is 63.6 Å². The maximum atomic E-state index is 11.4. The molecule has 0 heterocycles. The monoisotopic (exact) mass is 239 g/mol. The van der Waals surface area contributed by atoms with Crippen molar-refractivity contribution in [2.24, 2.45) is 5.73 Å². The predicted molar refractivity (Wildman–Crippen MR) is 68.6 cm³/mol. The van der Waals surface area contributed by atoms with Crippen LogP contribution in [0, 0.1) is 0 Å². The fourth-order valence-electron chi connectivity index (χ4n) is 2.34. The summed E-state index contributed by atoms with van der Waals surface area (Å²) in [5, 5.41) is 3.35. The minimum Gasteiger partial charge on any atom is -0.368 e. The van der Waals surface area contributed by atoms with Crippen molar-refractivity contribution in [1.29, 1.82) is 0 Å². The summed E-state index contributed by atoms with van der Waals surface area (Å²) in [5.74, 6) is -0.191. The molecule has 2 saturated carbocycles. The quantitative estimate of drug-likeness (QED) is 0.627. The van der Waals surface area contributed by atoms with Crippen LogP contribution < -0.4 is 11.1 Å². The molecule has 0 aromatic heterocycles. The van der Waals surface area contributed by atoms with Crippen LogP contribution in [0.4, 0.5) is 0 Å². The Morgan fingerprint density at radius 1 is 1.35 bits per heavy atom. The van der Waals surface area contributed by atoms with Crippen molar-refractivity contribution >= 4 is 5.91 Å². The van der Waals surface area contributed by atoms with Gasteiger partial charge in [0.15, 0.2) is 0 Å². The van der Waals surface area contributed by atoms with Crippen LogP contribution in [-0.4, -0.2) is 42.0 Å². The van der Waals surface area contributed by atoms with Crippen LogP contribution in [0.3, 0.4) is 0 Å². The second kappa shape index (κ2) is 5.83.